The van der Waals surface area contributed by atoms with E-state index in [9.17, 15) is 14.4 Å². The zero-order valence-electron chi connectivity index (χ0n) is 13.5. The Labute approximate surface area is 143 Å². The van der Waals surface area contributed by atoms with Gasteiger partial charge >= 0.3 is 6.16 Å². The number of amidine groups is 1. The fourth-order valence-electron chi connectivity index (χ4n) is 3.02. The van der Waals surface area contributed by atoms with Crippen LogP contribution in [-0.2, 0) is 19.1 Å². The number of hydrogen-bond donors (Lipinski definition) is 0. The normalized spacial score (nSPS) is 25.2. The molecule has 0 aromatic rings. The van der Waals surface area contributed by atoms with E-state index in [2.05, 4.69) is 4.99 Å². The van der Waals surface area contributed by atoms with Crippen molar-refractivity contribution in [3.8, 4) is 0 Å². The summed E-state index contributed by atoms with van der Waals surface area (Å²) in [6.07, 6.45) is 6.00. The van der Waals surface area contributed by atoms with Gasteiger partial charge in [0.1, 0.15) is 5.84 Å². The minimum atomic E-state index is -1.26. The lowest BCUT2D eigenvalue weighted by molar-refractivity contribution is -0.126. The quantitative estimate of drug-likeness (QED) is 0.723. The summed E-state index contributed by atoms with van der Waals surface area (Å²) in [6.45, 7) is 3.61. The molecule has 8 heteroatoms. The maximum Gasteiger partial charge on any atom is 0.513 e. The molecule has 0 aromatic carbocycles. The van der Waals surface area contributed by atoms with Gasteiger partial charge in [0.05, 0.1) is 17.9 Å². The summed E-state index contributed by atoms with van der Waals surface area (Å²) in [6, 6.07) is 0. The number of Topliss-reactive ketones (excluding diaryl/α,β-unsaturated/α-hetero) is 1. The Balaban J connectivity index is 2.06. The molecule has 0 saturated heterocycles. The minimum Gasteiger partial charge on any atom is -0.434 e. The first-order chi connectivity index (χ1) is 11.5. The molecular formula is C16H16N2O5S. The lowest BCUT2D eigenvalue weighted by Gasteiger charge is -2.34. The second-order valence-corrected chi connectivity index (χ2v) is 6.23. The van der Waals surface area contributed by atoms with E-state index in [4.69, 9.17) is 9.47 Å². The third-order valence-electron chi connectivity index (χ3n) is 4.04. The number of amides is 1. The first-order valence-electron chi connectivity index (χ1n) is 7.40. The molecule has 0 saturated carbocycles. The second kappa shape index (κ2) is 5.94. The molecule has 0 radical (unpaired) electrons. The van der Waals surface area contributed by atoms with E-state index in [1.165, 1.54) is 11.8 Å². The van der Waals surface area contributed by atoms with Gasteiger partial charge < -0.3 is 14.4 Å². The highest BCUT2D eigenvalue weighted by Gasteiger charge is 2.60. The molecule has 1 spiro atoms. The number of hydrogen-bond acceptors (Lipinski definition) is 7. The predicted octanol–water partition coefficient (Wildman–Crippen LogP) is 2.16. The average Bonchev–Trinajstić information content (AvgIpc) is 2.97. The lowest BCUT2D eigenvalue weighted by Crippen LogP contribution is -2.49. The number of carbonyl (C=O) groups is 3. The molecule has 3 aliphatic rings. The zero-order valence-corrected chi connectivity index (χ0v) is 14.3. The van der Waals surface area contributed by atoms with Gasteiger partial charge in [-0.2, -0.15) is 4.99 Å². The third-order valence-corrected chi connectivity index (χ3v) is 4.97. The molecule has 0 N–H and O–H groups in total. The highest BCUT2D eigenvalue weighted by molar-refractivity contribution is 8.02. The van der Waals surface area contributed by atoms with Crippen molar-refractivity contribution < 1.29 is 23.9 Å². The van der Waals surface area contributed by atoms with Gasteiger partial charge in [0, 0.05) is 6.20 Å². The molecule has 24 heavy (non-hydrogen) atoms. The fraction of sp³-hybridized carbons (Fsp3) is 0.375. The van der Waals surface area contributed by atoms with Crippen LogP contribution in [0.15, 0.2) is 39.6 Å². The van der Waals surface area contributed by atoms with E-state index < -0.39 is 23.4 Å². The van der Waals surface area contributed by atoms with Gasteiger partial charge in [-0.25, -0.2) is 4.79 Å². The Kier molecular flexibility index (Phi) is 4.08. The number of allylic oxidation sites excluding steroid dienone is 3. The SMILES string of the molecule is CCOC(=O)OC1=C(SC)C2(CC1=O)C(=O)N=C1C(C)=CC=CN12. The van der Waals surface area contributed by atoms with Gasteiger partial charge in [0.2, 0.25) is 5.78 Å². The molecule has 3 rings (SSSR count). The number of rotatable bonds is 3. The smallest absolute Gasteiger partial charge is 0.434 e. The monoisotopic (exact) mass is 348 g/mol. The van der Waals surface area contributed by atoms with Crippen LogP contribution in [0.3, 0.4) is 0 Å². The Morgan fingerprint density at radius 3 is 2.88 bits per heavy atom. The van der Waals surface area contributed by atoms with Crippen molar-refractivity contribution in [3.05, 3.63) is 34.6 Å². The maximum atomic E-state index is 12.7. The summed E-state index contributed by atoms with van der Waals surface area (Å²) in [7, 11) is 0. The molecule has 1 aliphatic carbocycles. The zero-order chi connectivity index (χ0) is 17.5. The van der Waals surface area contributed by atoms with Gasteiger partial charge in [-0.3, -0.25) is 9.59 Å². The number of ketones is 1. The number of thioether (sulfide) groups is 1. The molecule has 126 valence electrons. The minimum absolute atomic E-state index is 0.124. The van der Waals surface area contributed by atoms with Gasteiger partial charge in [-0.15, -0.1) is 11.8 Å². The molecule has 1 unspecified atom stereocenters. The van der Waals surface area contributed by atoms with Crippen LogP contribution in [0.2, 0.25) is 0 Å². The van der Waals surface area contributed by atoms with E-state index in [0.29, 0.717) is 10.7 Å². The Hall–Kier alpha value is -2.35. The number of ether oxygens (including phenoxy) is 2. The largest absolute Gasteiger partial charge is 0.513 e. The molecule has 0 bridgehead atoms. The first kappa shape index (κ1) is 16.5. The molecule has 0 fully saturated rings. The Morgan fingerprint density at radius 1 is 1.46 bits per heavy atom. The molecule has 2 heterocycles. The first-order valence-corrected chi connectivity index (χ1v) is 8.62. The van der Waals surface area contributed by atoms with Crippen LogP contribution >= 0.6 is 11.8 Å². The summed E-state index contributed by atoms with van der Waals surface area (Å²) in [4.78, 5) is 43.0. The number of fused-ring (bicyclic) bond motifs is 2. The van der Waals surface area contributed by atoms with Gasteiger partial charge in [-0.05, 0) is 31.8 Å². The molecule has 0 aromatic heterocycles. The summed E-state index contributed by atoms with van der Waals surface area (Å²) in [5, 5.41) is 0. The van der Waals surface area contributed by atoms with Crippen molar-refractivity contribution in [2.24, 2.45) is 4.99 Å². The van der Waals surface area contributed by atoms with Crippen LogP contribution < -0.4 is 0 Å². The Bertz CT molecular complexity index is 764. The third kappa shape index (κ3) is 2.21. The van der Waals surface area contributed by atoms with E-state index in [0.717, 1.165) is 5.57 Å². The van der Waals surface area contributed by atoms with E-state index >= 15 is 0 Å². The summed E-state index contributed by atoms with van der Waals surface area (Å²) >= 11 is 1.20. The van der Waals surface area contributed by atoms with Crippen molar-refractivity contribution in [1.82, 2.24) is 4.90 Å². The van der Waals surface area contributed by atoms with E-state index in [1.807, 2.05) is 13.0 Å². The van der Waals surface area contributed by atoms with Crippen molar-refractivity contribution in [2.45, 2.75) is 25.8 Å². The highest BCUT2D eigenvalue weighted by atomic mass is 32.2. The molecule has 7 nitrogen and oxygen atoms in total. The molecule has 1 atom stereocenters. The van der Waals surface area contributed by atoms with Crippen molar-refractivity contribution in [1.29, 1.82) is 0 Å². The van der Waals surface area contributed by atoms with Crippen LogP contribution in [0.25, 0.3) is 0 Å². The fourth-order valence-corrected chi connectivity index (χ4v) is 3.96. The molecule has 2 aliphatic heterocycles. The summed E-state index contributed by atoms with van der Waals surface area (Å²) in [5.74, 6) is -0.472. The average molecular weight is 348 g/mol. The van der Waals surface area contributed by atoms with Gasteiger partial charge in [-0.1, -0.05) is 6.08 Å². The standard InChI is InChI=1S/C16H16N2O5S/c1-4-22-15(21)23-11-10(19)8-16(12(11)24-3)14(20)17-13-9(2)6-5-7-18(13)16/h5-7H,4,8H2,1-3H3. The maximum absolute atomic E-state index is 12.7. The van der Waals surface area contributed by atoms with Crippen LogP contribution in [0.1, 0.15) is 20.3 Å². The van der Waals surface area contributed by atoms with Gasteiger partial charge in [0.15, 0.2) is 11.3 Å². The number of nitrogens with zero attached hydrogens (tertiary/aromatic N) is 2. The summed E-state index contributed by atoms with van der Waals surface area (Å²) in [5.41, 5.74) is -0.435. The molecular weight excluding hydrogens is 332 g/mol. The molecule has 1 amide bonds. The van der Waals surface area contributed by atoms with Crippen LogP contribution in [-0.4, -0.2) is 47.0 Å². The van der Waals surface area contributed by atoms with Crippen molar-refractivity contribution >= 4 is 35.4 Å². The van der Waals surface area contributed by atoms with Crippen LogP contribution in [0.4, 0.5) is 4.79 Å². The van der Waals surface area contributed by atoms with Crippen molar-refractivity contribution in [3.63, 3.8) is 0 Å². The second-order valence-electron chi connectivity index (χ2n) is 5.41. The van der Waals surface area contributed by atoms with E-state index in [-0.39, 0.29) is 18.8 Å². The predicted molar refractivity (Wildman–Crippen MR) is 88.2 cm³/mol. The van der Waals surface area contributed by atoms with E-state index in [1.54, 1.807) is 30.4 Å². The highest BCUT2D eigenvalue weighted by Crippen LogP contribution is 2.48. The summed E-state index contributed by atoms with van der Waals surface area (Å²) < 4.78 is 9.83. The lowest BCUT2D eigenvalue weighted by atomic mass is 9.95. The van der Waals surface area contributed by atoms with Crippen LogP contribution in [0, 0.1) is 0 Å². The number of carbonyl (C=O) groups excluding carboxylic acids is 3. The van der Waals surface area contributed by atoms with Crippen molar-refractivity contribution in [2.75, 3.05) is 12.9 Å². The Morgan fingerprint density at radius 2 is 2.21 bits per heavy atom. The number of aliphatic imine (C=N–C) groups is 1. The van der Waals surface area contributed by atoms with Gasteiger partial charge in [0.25, 0.3) is 5.91 Å². The topological polar surface area (TPSA) is 85.3 Å². The van der Waals surface area contributed by atoms with Crippen LogP contribution in [0.5, 0.6) is 0 Å².